The Labute approximate surface area is 123 Å². The molecule has 110 valence electrons. The standard InChI is InChI=1S/C16H19N3O2/c1-17-16(20)11-5-8-14-13(9-11)15(19-18-14)10-3-6-12(21-2)7-4-10/h3-4,6-7,11H,5,8-9H2,1-2H3,(H,17,20)(H,18,19)/t11-/m1/s1. The van der Waals surface area contributed by atoms with E-state index in [0.717, 1.165) is 42.0 Å². The quantitative estimate of drug-likeness (QED) is 0.905. The van der Waals surface area contributed by atoms with Crippen molar-refractivity contribution in [2.45, 2.75) is 19.3 Å². The van der Waals surface area contributed by atoms with Gasteiger partial charge in [0.05, 0.1) is 12.8 Å². The van der Waals surface area contributed by atoms with Crippen molar-refractivity contribution in [3.63, 3.8) is 0 Å². The number of carbonyl (C=O) groups is 1. The van der Waals surface area contributed by atoms with Gasteiger partial charge < -0.3 is 10.1 Å². The third-order valence-electron chi connectivity index (χ3n) is 4.13. The molecular formula is C16H19N3O2. The summed E-state index contributed by atoms with van der Waals surface area (Å²) in [6, 6.07) is 7.85. The number of aromatic amines is 1. The lowest BCUT2D eigenvalue weighted by Gasteiger charge is -2.21. The van der Waals surface area contributed by atoms with E-state index in [2.05, 4.69) is 15.5 Å². The van der Waals surface area contributed by atoms with E-state index in [1.54, 1.807) is 14.2 Å². The molecule has 0 bridgehead atoms. The molecule has 0 fully saturated rings. The third-order valence-corrected chi connectivity index (χ3v) is 4.13. The van der Waals surface area contributed by atoms with E-state index >= 15 is 0 Å². The number of nitrogens with one attached hydrogen (secondary N) is 2. The second-order valence-electron chi connectivity index (χ2n) is 5.31. The fourth-order valence-corrected chi connectivity index (χ4v) is 2.91. The van der Waals surface area contributed by atoms with Crippen LogP contribution in [0.25, 0.3) is 11.3 Å². The molecule has 1 aliphatic carbocycles. The van der Waals surface area contributed by atoms with Crippen LogP contribution in [-0.2, 0) is 17.6 Å². The minimum Gasteiger partial charge on any atom is -0.497 e. The Kier molecular flexibility index (Phi) is 3.64. The van der Waals surface area contributed by atoms with Gasteiger partial charge in [-0.05, 0) is 43.5 Å². The van der Waals surface area contributed by atoms with Crippen molar-refractivity contribution >= 4 is 5.91 Å². The maximum atomic E-state index is 11.9. The van der Waals surface area contributed by atoms with Crippen molar-refractivity contribution in [3.8, 4) is 17.0 Å². The lowest BCUT2D eigenvalue weighted by atomic mass is 9.85. The van der Waals surface area contributed by atoms with Crippen LogP contribution >= 0.6 is 0 Å². The van der Waals surface area contributed by atoms with Crippen LogP contribution < -0.4 is 10.1 Å². The Morgan fingerprint density at radius 2 is 2.14 bits per heavy atom. The number of benzene rings is 1. The number of hydrogen-bond donors (Lipinski definition) is 2. The van der Waals surface area contributed by atoms with Gasteiger partial charge in [0.25, 0.3) is 0 Å². The molecule has 1 amide bonds. The number of carbonyl (C=O) groups excluding carboxylic acids is 1. The summed E-state index contributed by atoms with van der Waals surface area (Å²) in [4.78, 5) is 11.9. The first kappa shape index (κ1) is 13.7. The van der Waals surface area contributed by atoms with Gasteiger partial charge in [-0.15, -0.1) is 0 Å². The van der Waals surface area contributed by atoms with Crippen LogP contribution in [0.3, 0.4) is 0 Å². The summed E-state index contributed by atoms with van der Waals surface area (Å²) in [6.07, 6.45) is 2.49. The summed E-state index contributed by atoms with van der Waals surface area (Å²) in [6.45, 7) is 0. The normalized spacial score (nSPS) is 17.1. The molecule has 0 unspecified atom stereocenters. The summed E-state index contributed by atoms with van der Waals surface area (Å²) in [5, 5.41) is 10.3. The fourth-order valence-electron chi connectivity index (χ4n) is 2.91. The number of methoxy groups -OCH3 is 1. The van der Waals surface area contributed by atoms with Gasteiger partial charge in [0, 0.05) is 29.8 Å². The molecule has 2 aromatic rings. The van der Waals surface area contributed by atoms with E-state index in [4.69, 9.17) is 4.74 Å². The Morgan fingerprint density at radius 1 is 1.38 bits per heavy atom. The molecule has 0 saturated heterocycles. The van der Waals surface area contributed by atoms with Crippen LogP contribution in [0.1, 0.15) is 17.7 Å². The maximum absolute atomic E-state index is 11.9. The van der Waals surface area contributed by atoms with Crippen molar-refractivity contribution in [1.29, 1.82) is 0 Å². The van der Waals surface area contributed by atoms with Crippen molar-refractivity contribution in [2.24, 2.45) is 5.92 Å². The molecule has 3 rings (SSSR count). The molecule has 0 spiro atoms. The van der Waals surface area contributed by atoms with E-state index in [1.807, 2.05) is 24.3 Å². The number of fused-ring (bicyclic) bond motifs is 1. The minimum atomic E-state index is 0.0390. The Hall–Kier alpha value is -2.30. The van der Waals surface area contributed by atoms with Crippen molar-refractivity contribution < 1.29 is 9.53 Å². The highest BCUT2D eigenvalue weighted by Gasteiger charge is 2.28. The molecule has 0 saturated carbocycles. The number of hydrogen-bond acceptors (Lipinski definition) is 3. The number of aromatic nitrogens is 2. The van der Waals surface area contributed by atoms with Gasteiger partial charge >= 0.3 is 0 Å². The molecule has 1 aromatic heterocycles. The van der Waals surface area contributed by atoms with Crippen LogP contribution in [0.4, 0.5) is 0 Å². The molecule has 0 aliphatic heterocycles. The minimum absolute atomic E-state index is 0.0390. The van der Waals surface area contributed by atoms with Crippen LogP contribution in [0.15, 0.2) is 24.3 Å². The second-order valence-corrected chi connectivity index (χ2v) is 5.31. The predicted molar refractivity (Wildman–Crippen MR) is 80.2 cm³/mol. The number of amides is 1. The smallest absolute Gasteiger partial charge is 0.223 e. The predicted octanol–water partition coefficient (Wildman–Crippen LogP) is 1.94. The highest BCUT2D eigenvalue weighted by Crippen LogP contribution is 2.32. The van der Waals surface area contributed by atoms with Crippen LogP contribution in [0, 0.1) is 5.92 Å². The molecule has 1 aromatic carbocycles. The van der Waals surface area contributed by atoms with Crippen molar-refractivity contribution in [2.75, 3.05) is 14.2 Å². The molecule has 1 atom stereocenters. The highest BCUT2D eigenvalue weighted by atomic mass is 16.5. The van der Waals surface area contributed by atoms with E-state index in [0.29, 0.717) is 0 Å². The topological polar surface area (TPSA) is 67.0 Å². The molecule has 5 heteroatoms. The monoisotopic (exact) mass is 285 g/mol. The lowest BCUT2D eigenvalue weighted by molar-refractivity contribution is -0.124. The van der Waals surface area contributed by atoms with Crippen LogP contribution in [0.2, 0.25) is 0 Å². The molecule has 0 radical (unpaired) electrons. The van der Waals surface area contributed by atoms with Gasteiger partial charge in [-0.25, -0.2) is 0 Å². The van der Waals surface area contributed by atoms with E-state index < -0.39 is 0 Å². The van der Waals surface area contributed by atoms with E-state index in [-0.39, 0.29) is 11.8 Å². The third kappa shape index (κ3) is 2.51. The first-order chi connectivity index (χ1) is 10.2. The van der Waals surface area contributed by atoms with Gasteiger partial charge in [0.1, 0.15) is 5.75 Å². The van der Waals surface area contributed by atoms with Crippen LogP contribution in [0.5, 0.6) is 5.75 Å². The molecule has 2 N–H and O–H groups in total. The molecule has 1 aliphatic rings. The average Bonchev–Trinajstić information content (AvgIpc) is 2.97. The summed E-state index contributed by atoms with van der Waals surface area (Å²) in [5.74, 6) is 0.978. The fraction of sp³-hybridized carbons (Fsp3) is 0.375. The van der Waals surface area contributed by atoms with E-state index in [9.17, 15) is 4.79 Å². The zero-order valence-corrected chi connectivity index (χ0v) is 12.3. The SMILES string of the molecule is CNC(=O)[C@@H]1CCc2[nH]nc(-c3ccc(OC)cc3)c2C1. The average molecular weight is 285 g/mol. The Morgan fingerprint density at radius 3 is 2.81 bits per heavy atom. The molecular weight excluding hydrogens is 266 g/mol. The summed E-state index contributed by atoms with van der Waals surface area (Å²) in [7, 11) is 3.34. The van der Waals surface area contributed by atoms with Gasteiger partial charge in [-0.2, -0.15) is 5.10 Å². The largest absolute Gasteiger partial charge is 0.497 e. The van der Waals surface area contributed by atoms with Crippen molar-refractivity contribution in [3.05, 3.63) is 35.5 Å². The summed E-state index contributed by atoms with van der Waals surface area (Å²) in [5.41, 5.74) is 4.31. The Balaban J connectivity index is 1.91. The first-order valence-corrected chi connectivity index (χ1v) is 7.15. The lowest BCUT2D eigenvalue weighted by Crippen LogP contribution is -2.31. The zero-order valence-electron chi connectivity index (χ0n) is 12.3. The highest BCUT2D eigenvalue weighted by molar-refractivity contribution is 5.79. The van der Waals surface area contributed by atoms with Gasteiger partial charge in [0.15, 0.2) is 0 Å². The van der Waals surface area contributed by atoms with Gasteiger partial charge in [-0.1, -0.05) is 0 Å². The summed E-state index contributed by atoms with van der Waals surface area (Å²) >= 11 is 0. The molecule has 5 nitrogen and oxygen atoms in total. The van der Waals surface area contributed by atoms with E-state index in [1.165, 1.54) is 5.56 Å². The first-order valence-electron chi connectivity index (χ1n) is 7.15. The number of rotatable bonds is 3. The number of nitrogens with zero attached hydrogens (tertiary/aromatic N) is 1. The van der Waals surface area contributed by atoms with Crippen molar-refractivity contribution in [1.82, 2.24) is 15.5 Å². The maximum Gasteiger partial charge on any atom is 0.223 e. The van der Waals surface area contributed by atoms with Gasteiger partial charge in [0.2, 0.25) is 5.91 Å². The number of ether oxygens (including phenoxy) is 1. The second kappa shape index (κ2) is 5.60. The van der Waals surface area contributed by atoms with Crippen LogP contribution in [-0.4, -0.2) is 30.3 Å². The zero-order chi connectivity index (χ0) is 14.8. The Bertz CT molecular complexity index is 646. The number of aryl methyl sites for hydroxylation is 1. The molecule has 1 heterocycles. The number of H-pyrrole nitrogens is 1. The van der Waals surface area contributed by atoms with Gasteiger partial charge in [-0.3, -0.25) is 9.89 Å². The summed E-state index contributed by atoms with van der Waals surface area (Å²) < 4.78 is 5.18. The molecule has 21 heavy (non-hydrogen) atoms.